The van der Waals surface area contributed by atoms with Crippen LogP contribution < -0.4 is 20.9 Å². The van der Waals surface area contributed by atoms with E-state index in [-0.39, 0.29) is 29.4 Å². The van der Waals surface area contributed by atoms with Crippen LogP contribution in [0.4, 0.5) is 17.2 Å². The molecule has 2 saturated carbocycles. The van der Waals surface area contributed by atoms with E-state index in [1.807, 2.05) is 12.1 Å². The predicted molar refractivity (Wildman–Crippen MR) is 126 cm³/mol. The number of carbonyl (C=O) groups is 2. The first-order valence-corrected chi connectivity index (χ1v) is 11.5. The Bertz CT molecular complexity index is 1250. The lowest BCUT2D eigenvalue weighted by Crippen LogP contribution is -2.34. The number of carbonyl (C=O) groups excluding carboxylic acids is 2. The van der Waals surface area contributed by atoms with Gasteiger partial charge in [-0.15, -0.1) is 10.2 Å². The fourth-order valence-electron chi connectivity index (χ4n) is 3.60. The van der Waals surface area contributed by atoms with Gasteiger partial charge < -0.3 is 15.4 Å². The minimum Gasteiger partial charge on any atom is -0.494 e. The van der Waals surface area contributed by atoms with Gasteiger partial charge >= 0.3 is 0 Å². The number of ether oxygens (including phenoxy) is 1. The summed E-state index contributed by atoms with van der Waals surface area (Å²) in [5.74, 6) is 0.545. The summed E-state index contributed by atoms with van der Waals surface area (Å²) in [6.45, 7) is 0. The van der Waals surface area contributed by atoms with Crippen LogP contribution in [-0.4, -0.2) is 50.0 Å². The van der Waals surface area contributed by atoms with Crippen molar-refractivity contribution < 1.29 is 19.2 Å². The van der Waals surface area contributed by atoms with Gasteiger partial charge in [-0.25, -0.2) is 10.5 Å². The molecule has 2 aliphatic rings. The Balaban J connectivity index is 1.46. The van der Waals surface area contributed by atoms with Crippen LogP contribution in [0.2, 0.25) is 0 Å². The number of nitrogens with zero attached hydrogens (tertiary/aromatic N) is 5. The molecule has 2 heterocycles. The molecule has 5 rings (SSSR count). The van der Waals surface area contributed by atoms with Crippen LogP contribution in [0.25, 0.3) is 11.4 Å². The molecule has 2 aliphatic carbocycles. The van der Waals surface area contributed by atoms with Crippen molar-refractivity contribution in [1.29, 1.82) is 0 Å². The lowest BCUT2D eigenvalue weighted by atomic mass is 9.97. The van der Waals surface area contributed by atoms with E-state index in [2.05, 4.69) is 36.4 Å². The zero-order valence-electron chi connectivity index (χ0n) is 19.4. The average Bonchev–Trinajstić information content (AvgIpc) is 3.59. The highest BCUT2D eigenvalue weighted by molar-refractivity contribution is 5.99. The van der Waals surface area contributed by atoms with Gasteiger partial charge in [0.05, 0.1) is 30.2 Å². The first-order chi connectivity index (χ1) is 17.0. The van der Waals surface area contributed by atoms with Crippen molar-refractivity contribution in [3.8, 4) is 17.1 Å². The Morgan fingerprint density at radius 2 is 1.94 bits per heavy atom. The summed E-state index contributed by atoms with van der Waals surface area (Å²) < 4.78 is 7.26. The van der Waals surface area contributed by atoms with Gasteiger partial charge in [-0.3, -0.25) is 19.1 Å². The first-order valence-electron chi connectivity index (χ1n) is 11.5. The Labute approximate surface area is 201 Å². The molecule has 0 atom stereocenters. The number of para-hydroxylation sites is 1. The van der Waals surface area contributed by atoms with E-state index in [1.165, 1.54) is 0 Å². The number of anilines is 3. The number of nitrogens with one attached hydrogen (secondary N) is 3. The molecule has 3 aromatic rings. The van der Waals surface area contributed by atoms with E-state index >= 15 is 0 Å². The van der Waals surface area contributed by atoms with Crippen molar-refractivity contribution in [2.75, 3.05) is 17.7 Å². The van der Waals surface area contributed by atoms with Crippen LogP contribution in [0.5, 0.6) is 5.75 Å². The number of amides is 2. The molecular weight excluding hydrogens is 452 g/mol. The molecule has 12 nitrogen and oxygen atoms in total. The third-order valence-corrected chi connectivity index (χ3v) is 5.91. The SMILES string of the molecule is COc1c(Nc2cc(NC(=O)C3CC3)nnc2C(=O)NOC2CCC2)cccc1-c1ncn(C)n1. The molecule has 2 fully saturated rings. The third-order valence-electron chi connectivity index (χ3n) is 5.91. The number of hydrogen-bond donors (Lipinski definition) is 3. The number of hydroxylamine groups is 1. The van der Waals surface area contributed by atoms with Crippen LogP contribution in [0.1, 0.15) is 42.6 Å². The van der Waals surface area contributed by atoms with Gasteiger partial charge in [0.1, 0.15) is 6.33 Å². The van der Waals surface area contributed by atoms with Crippen molar-refractivity contribution in [3.63, 3.8) is 0 Å². The summed E-state index contributed by atoms with van der Waals surface area (Å²) in [5, 5.41) is 18.4. The van der Waals surface area contributed by atoms with Gasteiger partial charge in [-0.1, -0.05) is 6.07 Å². The van der Waals surface area contributed by atoms with E-state index in [4.69, 9.17) is 9.57 Å². The van der Waals surface area contributed by atoms with E-state index in [0.29, 0.717) is 28.5 Å². The van der Waals surface area contributed by atoms with Gasteiger partial charge in [0.15, 0.2) is 23.1 Å². The molecule has 2 amide bonds. The molecule has 0 bridgehead atoms. The van der Waals surface area contributed by atoms with Gasteiger partial charge in [0.2, 0.25) is 5.91 Å². The van der Waals surface area contributed by atoms with E-state index in [1.54, 1.807) is 37.3 Å². The maximum atomic E-state index is 12.9. The highest BCUT2D eigenvalue weighted by Gasteiger charge is 2.30. The highest BCUT2D eigenvalue weighted by Crippen LogP contribution is 2.37. The monoisotopic (exact) mass is 478 g/mol. The fourth-order valence-corrected chi connectivity index (χ4v) is 3.60. The van der Waals surface area contributed by atoms with Crippen molar-refractivity contribution in [1.82, 2.24) is 30.4 Å². The quantitative estimate of drug-likeness (QED) is 0.395. The second kappa shape index (κ2) is 9.66. The summed E-state index contributed by atoms with van der Waals surface area (Å²) in [7, 11) is 3.32. The predicted octanol–water partition coefficient (Wildman–Crippen LogP) is 2.59. The Morgan fingerprint density at radius 3 is 2.60 bits per heavy atom. The molecule has 12 heteroatoms. The highest BCUT2D eigenvalue weighted by atomic mass is 16.7. The Hall–Kier alpha value is -4.06. The summed E-state index contributed by atoms with van der Waals surface area (Å²) in [6.07, 6.45) is 6.18. The number of aryl methyl sites for hydroxylation is 1. The lowest BCUT2D eigenvalue weighted by molar-refractivity contribution is -0.117. The average molecular weight is 479 g/mol. The topological polar surface area (TPSA) is 145 Å². The molecule has 0 radical (unpaired) electrons. The van der Waals surface area contributed by atoms with E-state index in [9.17, 15) is 9.59 Å². The maximum Gasteiger partial charge on any atom is 0.297 e. The smallest absolute Gasteiger partial charge is 0.297 e. The summed E-state index contributed by atoms with van der Waals surface area (Å²) >= 11 is 0. The summed E-state index contributed by atoms with van der Waals surface area (Å²) in [4.78, 5) is 34.9. The minimum atomic E-state index is -0.548. The number of rotatable bonds is 9. The molecule has 182 valence electrons. The fraction of sp³-hybridized carbons (Fsp3) is 0.391. The standard InChI is InChI=1S/C23H26N8O4/c1-31-12-24-21(29-31)15-7-4-8-16(20(15)34-2)25-17-11-18(26-22(32)13-9-10-13)27-28-19(17)23(33)30-35-14-5-3-6-14/h4,7-8,11-14H,3,5-6,9-10H2,1-2H3,(H,30,33)(H2,25,26,27,32). The Morgan fingerprint density at radius 1 is 1.11 bits per heavy atom. The van der Waals surface area contributed by atoms with Crippen LogP contribution in [0.3, 0.4) is 0 Å². The summed E-state index contributed by atoms with van der Waals surface area (Å²) in [5.41, 5.74) is 4.02. The summed E-state index contributed by atoms with van der Waals surface area (Å²) in [6, 6.07) is 7.02. The third kappa shape index (κ3) is 5.06. The molecular formula is C23H26N8O4. The number of methoxy groups -OCH3 is 1. The molecule has 1 aromatic carbocycles. The number of benzene rings is 1. The largest absolute Gasteiger partial charge is 0.494 e. The van der Waals surface area contributed by atoms with Crippen LogP contribution in [0, 0.1) is 5.92 Å². The second-order valence-electron chi connectivity index (χ2n) is 8.61. The molecule has 0 aliphatic heterocycles. The molecule has 35 heavy (non-hydrogen) atoms. The van der Waals surface area contributed by atoms with E-state index in [0.717, 1.165) is 32.1 Å². The second-order valence-corrected chi connectivity index (χ2v) is 8.61. The van der Waals surface area contributed by atoms with Crippen molar-refractivity contribution >= 4 is 29.0 Å². The Kier molecular flexibility index (Phi) is 6.27. The first kappa shape index (κ1) is 22.7. The van der Waals surface area contributed by atoms with Gasteiger partial charge in [-0.05, 0) is 44.2 Å². The zero-order valence-corrected chi connectivity index (χ0v) is 19.4. The van der Waals surface area contributed by atoms with Crippen molar-refractivity contribution in [3.05, 3.63) is 36.3 Å². The maximum absolute atomic E-state index is 12.9. The van der Waals surface area contributed by atoms with Crippen molar-refractivity contribution in [2.45, 2.75) is 38.2 Å². The molecule has 0 unspecified atom stereocenters. The molecule has 3 N–H and O–H groups in total. The molecule has 0 spiro atoms. The molecule has 2 aromatic heterocycles. The van der Waals surface area contributed by atoms with Crippen LogP contribution in [0.15, 0.2) is 30.6 Å². The number of hydrogen-bond acceptors (Lipinski definition) is 9. The lowest BCUT2D eigenvalue weighted by Gasteiger charge is -2.24. The number of aromatic nitrogens is 5. The molecule has 0 saturated heterocycles. The normalized spacial score (nSPS) is 15.3. The van der Waals surface area contributed by atoms with Gasteiger partial charge in [-0.2, -0.15) is 5.10 Å². The van der Waals surface area contributed by atoms with Crippen LogP contribution in [-0.2, 0) is 16.7 Å². The van der Waals surface area contributed by atoms with Crippen LogP contribution >= 0.6 is 0 Å². The minimum absolute atomic E-state index is 0.00284. The van der Waals surface area contributed by atoms with Gasteiger partial charge in [0.25, 0.3) is 5.91 Å². The van der Waals surface area contributed by atoms with E-state index < -0.39 is 5.91 Å². The van der Waals surface area contributed by atoms with Gasteiger partial charge in [0, 0.05) is 19.0 Å². The van der Waals surface area contributed by atoms with Crippen molar-refractivity contribution in [2.24, 2.45) is 13.0 Å². The zero-order chi connectivity index (χ0) is 24.4.